The number of nitrogens with zero attached hydrogens (tertiary/aromatic N) is 4. The van der Waals surface area contributed by atoms with E-state index in [9.17, 15) is 9.90 Å². The number of hydrogen-bond acceptors (Lipinski definition) is 5. The van der Waals surface area contributed by atoms with E-state index in [4.69, 9.17) is 16.3 Å². The van der Waals surface area contributed by atoms with Gasteiger partial charge in [-0.3, -0.25) is 4.57 Å². The van der Waals surface area contributed by atoms with Crippen LogP contribution in [0.25, 0.3) is 11.5 Å². The normalized spacial score (nSPS) is 11.1. The molecule has 34 heavy (non-hydrogen) atoms. The van der Waals surface area contributed by atoms with Crippen LogP contribution < -0.4 is 15.7 Å². The minimum absolute atomic E-state index is 0.0294. The molecular weight excluding hydrogens is 454 g/mol. The Morgan fingerprint density at radius 2 is 1.53 bits per heavy atom. The van der Waals surface area contributed by atoms with Crippen molar-refractivity contribution < 1.29 is 14.7 Å². The molecule has 0 spiro atoms. The summed E-state index contributed by atoms with van der Waals surface area (Å²) in [5.41, 5.74) is 2.30. The lowest BCUT2D eigenvalue weighted by Gasteiger charge is -2.18. The second-order valence-corrected chi connectivity index (χ2v) is 8.61. The number of hydrogen-bond donors (Lipinski definition) is 1. The third-order valence-electron chi connectivity index (χ3n) is 5.45. The molecule has 0 fully saturated rings. The number of rotatable bonds is 7. The number of imidazole rings is 1. The number of benzene rings is 2. The van der Waals surface area contributed by atoms with Crippen molar-refractivity contribution >= 4 is 11.6 Å². The van der Waals surface area contributed by atoms with E-state index in [0.29, 0.717) is 5.92 Å². The second-order valence-electron chi connectivity index (χ2n) is 8.28. The van der Waals surface area contributed by atoms with E-state index in [1.54, 1.807) is 0 Å². The van der Waals surface area contributed by atoms with Gasteiger partial charge < -0.3 is 19.3 Å². The van der Waals surface area contributed by atoms with Gasteiger partial charge in [0.2, 0.25) is 5.28 Å². The van der Waals surface area contributed by atoms with Gasteiger partial charge in [-0.05, 0) is 28.6 Å². The van der Waals surface area contributed by atoms with E-state index < -0.39 is 11.6 Å². The quantitative estimate of drug-likeness (QED) is 0.316. The van der Waals surface area contributed by atoms with E-state index in [1.807, 2.05) is 0 Å². The first kappa shape index (κ1) is 25.4. The first-order valence-electron chi connectivity index (χ1n) is 11.0. The zero-order valence-corrected chi connectivity index (χ0v) is 20.6. The Hall–Kier alpha value is -3.20. The van der Waals surface area contributed by atoms with Gasteiger partial charge in [0, 0.05) is 20.0 Å². The molecule has 1 N–H and O–H groups in total. The van der Waals surface area contributed by atoms with E-state index in [-0.39, 0.29) is 16.8 Å². The fourth-order valence-corrected chi connectivity index (χ4v) is 3.64. The van der Waals surface area contributed by atoms with Crippen molar-refractivity contribution in [2.75, 3.05) is 33.9 Å². The molecule has 9 heteroatoms. The summed E-state index contributed by atoms with van der Waals surface area (Å²) in [5, 5.41) is 11.5. The summed E-state index contributed by atoms with van der Waals surface area (Å²) in [6.45, 7) is 2.58. The van der Waals surface area contributed by atoms with E-state index >= 15 is 0 Å². The molecule has 0 saturated heterocycles. The standard InChI is InChI=1S/C18H23NO.C7H7ClN4O2/c1-19(2)13-14-20-15-18(16-9-5-3-6-10-16)17-11-7-4-8-12-17;1-11-4-3(9-6(8)10-4)5(13)12(2)7(11)14/h3-12,18H,13-15H2,1-2H3;13H,1-2H3. The Bertz CT molecular complexity index is 1170. The van der Waals surface area contributed by atoms with Gasteiger partial charge >= 0.3 is 5.69 Å². The maximum absolute atomic E-state index is 11.5. The summed E-state index contributed by atoms with van der Waals surface area (Å²) in [7, 11) is 7.19. The van der Waals surface area contributed by atoms with Gasteiger partial charge in [0.05, 0.1) is 27.3 Å². The van der Waals surface area contributed by atoms with Crippen LogP contribution in [0.15, 0.2) is 65.5 Å². The number of nitrogens with one attached hydrogen (secondary N) is 1. The van der Waals surface area contributed by atoms with Crippen LogP contribution in [0, 0.1) is 0 Å². The van der Waals surface area contributed by atoms with Crippen molar-refractivity contribution in [2.24, 2.45) is 14.1 Å². The van der Waals surface area contributed by atoms with Crippen LogP contribution in [-0.4, -0.2) is 53.0 Å². The molecule has 0 bridgehead atoms. The Kier molecular flexibility index (Phi) is 8.81. The van der Waals surface area contributed by atoms with Crippen LogP contribution in [0.3, 0.4) is 0 Å². The SMILES string of the molecule is C[NH+](C)CCOCC(c1ccccc1)c1ccccc1.Cn1c2nc(Cl)nc-2c([O-])n(C)c1=O. The molecule has 2 aliphatic heterocycles. The summed E-state index contributed by atoms with van der Waals surface area (Å²) < 4.78 is 8.09. The smallest absolute Gasteiger partial charge is 0.328 e. The minimum atomic E-state index is -0.484. The van der Waals surface area contributed by atoms with Crippen LogP contribution >= 0.6 is 11.6 Å². The van der Waals surface area contributed by atoms with Crippen molar-refractivity contribution in [2.45, 2.75) is 5.92 Å². The van der Waals surface area contributed by atoms with E-state index in [1.165, 1.54) is 34.7 Å². The zero-order valence-electron chi connectivity index (χ0n) is 19.9. The monoisotopic (exact) mass is 483 g/mol. The highest BCUT2D eigenvalue weighted by Crippen LogP contribution is 2.25. The maximum Gasteiger partial charge on any atom is 0.328 e. The number of fused-ring (bicyclic) bond motifs is 1. The lowest BCUT2D eigenvalue weighted by atomic mass is 9.92. The highest BCUT2D eigenvalue weighted by molar-refractivity contribution is 6.28. The van der Waals surface area contributed by atoms with Crippen molar-refractivity contribution in [1.82, 2.24) is 19.1 Å². The lowest BCUT2D eigenvalue weighted by Crippen LogP contribution is -3.06. The van der Waals surface area contributed by atoms with Crippen LogP contribution in [0.2, 0.25) is 5.28 Å². The van der Waals surface area contributed by atoms with Gasteiger partial charge in [0.25, 0.3) is 0 Å². The molecule has 0 aliphatic carbocycles. The molecular formula is C25H30ClN5O3. The first-order chi connectivity index (χ1) is 16.3. The van der Waals surface area contributed by atoms with Gasteiger partial charge in [-0.15, -0.1) is 0 Å². The van der Waals surface area contributed by atoms with Gasteiger partial charge in [0.1, 0.15) is 12.2 Å². The molecule has 8 nitrogen and oxygen atoms in total. The molecule has 0 unspecified atom stereocenters. The molecule has 2 heterocycles. The Balaban J connectivity index is 0.000000202. The molecule has 0 radical (unpaired) electrons. The fraction of sp³-hybridized carbons (Fsp3) is 0.320. The molecule has 2 aromatic rings. The maximum atomic E-state index is 11.5. The average molecular weight is 484 g/mol. The van der Waals surface area contributed by atoms with Crippen LogP contribution in [0.5, 0.6) is 5.88 Å². The Morgan fingerprint density at radius 3 is 2.06 bits per heavy atom. The highest BCUT2D eigenvalue weighted by Gasteiger charge is 2.17. The minimum Gasteiger partial charge on any atom is -0.858 e. The third kappa shape index (κ3) is 6.22. The van der Waals surface area contributed by atoms with Crippen molar-refractivity contribution in [3.8, 4) is 17.4 Å². The second kappa shape index (κ2) is 11.8. The number of halogens is 1. The summed E-state index contributed by atoms with van der Waals surface area (Å²) in [4.78, 5) is 20.4. The van der Waals surface area contributed by atoms with Crippen molar-refractivity contribution in [3.63, 3.8) is 0 Å². The predicted octanol–water partition coefficient (Wildman–Crippen LogP) is 1.33. The number of likely N-dealkylation sites (N-methyl/N-ethyl adjacent to an activating group) is 1. The van der Waals surface area contributed by atoms with Crippen molar-refractivity contribution in [3.05, 3.63) is 87.6 Å². The number of aromatic nitrogens is 4. The van der Waals surface area contributed by atoms with Gasteiger partial charge in [-0.25, -0.2) is 9.78 Å². The summed E-state index contributed by atoms with van der Waals surface area (Å²) in [5.74, 6) is 0.0418. The first-order valence-corrected chi connectivity index (χ1v) is 11.4. The molecule has 2 aromatic carbocycles. The largest absolute Gasteiger partial charge is 0.858 e. The Morgan fingerprint density at radius 1 is 0.971 bits per heavy atom. The van der Waals surface area contributed by atoms with E-state index in [0.717, 1.165) is 24.3 Å². The van der Waals surface area contributed by atoms with Gasteiger partial charge in [0.15, 0.2) is 5.82 Å². The third-order valence-corrected chi connectivity index (χ3v) is 5.62. The number of quaternary nitrogens is 1. The predicted molar refractivity (Wildman–Crippen MR) is 131 cm³/mol. The summed E-state index contributed by atoms with van der Waals surface area (Å²) >= 11 is 5.55. The Labute approximate surface area is 204 Å². The number of ether oxygens (including phenoxy) is 1. The molecule has 0 amide bonds. The molecule has 0 atom stereocenters. The highest BCUT2D eigenvalue weighted by atomic mass is 35.5. The topological polar surface area (TPSA) is 89.4 Å². The van der Waals surface area contributed by atoms with E-state index in [2.05, 4.69) is 84.7 Å². The molecule has 0 saturated carbocycles. The van der Waals surface area contributed by atoms with Gasteiger partial charge in [-0.1, -0.05) is 60.7 Å². The van der Waals surface area contributed by atoms with Crippen LogP contribution in [0.1, 0.15) is 17.0 Å². The molecule has 2 aliphatic rings. The van der Waals surface area contributed by atoms with Crippen LogP contribution in [-0.2, 0) is 18.8 Å². The zero-order chi connectivity index (χ0) is 24.7. The summed E-state index contributed by atoms with van der Waals surface area (Å²) in [6.07, 6.45) is 0. The van der Waals surface area contributed by atoms with Crippen molar-refractivity contribution in [1.29, 1.82) is 0 Å². The van der Waals surface area contributed by atoms with Gasteiger partial charge in [-0.2, -0.15) is 4.98 Å². The lowest BCUT2D eigenvalue weighted by molar-refractivity contribution is -0.858. The van der Waals surface area contributed by atoms with Crippen LogP contribution in [0.4, 0.5) is 0 Å². The summed E-state index contributed by atoms with van der Waals surface area (Å²) in [6, 6.07) is 21.2. The molecule has 4 rings (SSSR count). The average Bonchev–Trinajstić information content (AvgIpc) is 3.24. The fourth-order valence-electron chi connectivity index (χ4n) is 3.48. The molecule has 180 valence electrons. The molecule has 0 aromatic heterocycles.